The van der Waals surface area contributed by atoms with Crippen molar-refractivity contribution in [1.82, 2.24) is 14.7 Å². The molecule has 0 radical (unpaired) electrons. The van der Waals surface area contributed by atoms with Gasteiger partial charge in [-0.2, -0.15) is 0 Å². The number of fused-ring (bicyclic) bond motifs is 1. The molecule has 0 spiro atoms. The topological polar surface area (TPSA) is 43.9 Å². The Morgan fingerprint density at radius 3 is 2.53 bits per heavy atom. The van der Waals surface area contributed by atoms with Crippen molar-refractivity contribution >= 4 is 23.2 Å². The van der Waals surface area contributed by atoms with E-state index < -0.39 is 0 Å². The lowest BCUT2D eigenvalue weighted by Crippen LogP contribution is -2.57. The van der Waals surface area contributed by atoms with Gasteiger partial charge in [0, 0.05) is 43.5 Å². The van der Waals surface area contributed by atoms with Crippen molar-refractivity contribution in [3.8, 4) is 0 Å². The maximum Gasteiger partial charge on any atom is 0.236 e. The van der Waals surface area contributed by atoms with Crippen LogP contribution in [0, 0.1) is 6.92 Å². The van der Waals surface area contributed by atoms with Crippen LogP contribution in [-0.4, -0.2) is 65.3 Å². The second-order valence-electron chi connectivity index (χ2n) is 8.46. The maximum atomic E-state index is 13.2. The molecule has 1 fully saturated rings. The Labute approximate surface area is 183 Å². The van der Waals surface area contributed by atoms with E-state index in [4.69, 9.17) is 0 Å². The number of aryl methyl sites for hydroxylation is 1. The summed E-state index contributed by atoms with van der Waals surface area (Å²) in [6, 6.07) is 11.1. The van der Waals surface area contributed by atoms with E-state index in [1.165, 1.54) is 21.6 Å². The Bertz CT molecular complexity index is 907. The summed E-state index contributed by atoms with van der Waals surface area (Å²) in [7, 11) is 0. The summed E-state index contributed by atoms with van der Waals surface area (Å²) in [5, 5.41) is 2.17. The summed E-state index contributed by atoms with van der Waals surface area (Å²) < 4.78 is 0. The largest absolute Gasteiger partial charge is 0.338 e. The average molecular weight is 426 g/mol. The van der Waals surface area contributed by atoms with Crippen LogP contribution in [0.2, 0.25) is 0 Å². The number of nitrogens with zero attached hydrogens (tertiary/aromatic N) is 3. The van der Waals surface area contributed by atoms with Crippen LogP contribution in [0.3, 0.4) is 0 Å². The highest BCUT2D eigenvalue weighted by Gasteiger charge is 2.34. The molecular weight excluding hydrogens is 394 g/mol. The first-order chi connectivity index (χ1) is 14.5. The van der Waals surface area contributed by atoms with E-state index in [2.05, 4.69) is 47.5 Å². The van der Waals surface area contributed by atoms with E-state index in [-0.39, 0.29) is 23.9 Å². The molecule has 5 nitrogen and oxygen atoms in total. The normalized spacial score (nSPS) is 22.1. The monoisotopic (exact) mass is 425 g/mol. The molecule has 0 N–H and O–H groups in total. The van der Waals surface area contributed by atoms with E-state index in [1.807, 2.05) is 35.0 Å². The van der Waals surface area contributed by atoms with Crippen LogP contribution in [0.25, 0.3) is 0 Å². The molecule has 1 aromatic carbocycles. The molecule has 0 saturated carbocycles. The molecule has 0 unspecified atom stereocenters. The van der Waals surface area contributed by atoms with Crippen LogP contribution in [0.5, 0.6) is 0 Å². The molecule has 2 aromatic rings. The van der Waals surface area contributed by atoms with Crippen LogP contribution < -0.4 is 0 Å². The predicted octanol–water partition coefficient (Wildman–Crippen LogP) is 3.47. The van der Waals surface area contributed by atoms with Crippen molar-refractivity contribution in [3.63, 3.8) is 0 Å². The quantitative estimate of drug-likeness (QED) is 0.753. The van der Waals surface area contributed by atoms with Crippen molar-refractivity contribution in [3.05, 3.63) is 57.3 Å². The molecule has 6 heteroatoms. The molecule has 4 rings (SSSR count). The molecule has 30 heavy (non-hydrogen) atoms. The van der Waals surface area contributed by atoms with Gasteiger partial charge in [0.05, 0.1) is 12.6 Å². The number of rotatable bonds is 4. The van der Waals surface area contributed by atoms with Crippen LogP contribution in [-0.2, 0) is 16.0 Å². The first-order valence-corrected chi connectivity index (χ1v) is 11.8. The van der Waals surface area contributed by atoms with Crippen molar-refractivity contribution in [2.75, 3.05) is 32.7 Å². The molecule has 2 aliphatic heterocycles. The number of amides is 2. The van der Waals surface area contributed by atoms with Crippen LogP contribution in [0.15, 0.2) is 35.7 Å². The Balaban J connectivity index is 1.50. The molecule has 0 bridgehead atoms. The highest BCUT2D eigenvalue weighted by Crippen LogP contribution is 2.37. The van der Waals surface area contributed by atoms with Gasteiger partial charge in [0.15, 0.2) is 0 Å². The number of carbonyl (C=O) groups excluding carboxylic acids is 2. The number of carbonyl (C=O) groups is 2. The molecule has 160 valence electrons. The van der Waals surface area contributed by atoms with Crippen molar-refractivity contribution in [1.29, 1.82) is 0 Å². The standard InChI is InChI=1S/C24H31N3O2S/c1-4-22(28)27-13-12-25(15-18(27)3)23(29)16-26-11-9-21-20(10-14-30-21)24(26)19-7-5-17(2)6-8-19/h5-8,10,14,18,24H,4,9,11-13,15-16H2,1-3H3/t18-,24+/m0/s1. The number of hydrogen-bond donors (Lipinski definition) is 0. The van der Waals surface area contributed by atoms with Gasteiger partial charge in [0.1, 0.15) is 0 Å². The van der Waals surface area contributed by atoms with Gasteiger partial charge in [0.2, 0.25) is 11.8 Å². The lowest BCUT2D eigenvalue weighted by Gasteiger charge is -2.42. The van der Waals surface area contributed by atoms with Gasteiger partial charge in [-0.1, -0.05) is 36.8 Å². The minimum absolute atomic E-state index is 0.0767. The number of thiophene rings is 1. The third kappa shape index (κ3) is 4.16. The van der Waals surface area contributed by atoms with Gasteiger partial charge in [-0.25, -0.2) is 0 Å². The van der Waals surface area contributed by atoms with Gasteiger partial charge in [-0.15, -0.1) is 11.3 Å². The number of hydrogen-bond acceptors (Lipinski definition) is 4. The second-order valence-corrected chi connectivity index (χ2v) is 9.46. The van der Waals surface area contributed by atoms with Gasteiger partial charge in [-0.3, -0.25) is 14.5 Å². The van der Waals surface area contributed by atoms with Gasteiger partial charge in [-0.05, 0) is 42.8 Å². The highest BCUT2D eigenvalue weighted by molar-refractivity contribution is 7.10. The molecule has 2 amide bonds. The minimum Gasteiger partial charge on any atom is -0.338 e. The van der Waals surface area contributed by atoms with Gasteiger partial charge < -0.3 is 9.80 Å². The van der Waals surface area contributed by atoms with Crippen molar-refractivity contribution in [2.45, 2.75) is 45.7 Å². The summed E-state index contributed by atoms with van der Waals surface area (Å²) >= 11 is 1.82. The average Bonchev–Trinajstić information content (AvgIpc) is 3.22. The predicted molar refractivity (Wildman–Crippen MR) is 121 cm³/mol. The van der Waals surface area contributed by atoms with E-state index in [1.54, 1.807) is 0 Å². The number of benzene rings is 1. The second kappa shape index (κ2) is 8.90. The molecule has 2 aliphatic rings. The van der Waals surface area contributed by atoms with Gasteiger partial charge in [0.25, 0.3) is 0 Å². The summed E-state index contributed by atoms with van der Waals surface area (Å²) in [6.07, 6.45) is 1.52. The van der Waals surface area contributed by atoms with E-state index in [9.17, 15) is 9.59 Å². The molecular formula is C24H31N3O2S. The summed E-state index contributed by atoms with van der Waals surface area (Å²) in [5.41, 5.74) is 3.84. The molecule has 0 aliphatic carbocycles. The zero-order chi connectivity index (χ0) is 21.3. The minimum atomic E-state index is 0.0767. The molecule has 3 heterocycles. The molecule has 1 saturated heterocycles. The van der Waals surface area contributed by atoms with E-state index in [0.717, 1.165) is 13.0 Å². The smallest absolute Gasteiger partial charge is 0.236 e. The lowest BCUT2D eigenvalue weighted by atomic mass is 9.92. The maximum absolute atomic E-state index is 13.2. The number of piperazine rings is 1. The van der Waals surface area contributed by atoms with Gasteiger partial charge >= 0.3 is 0 Å². The molecule has 2 atom stereocenters. The summed E-state index contributed by atoms with van der Waals surface area (Å²) in [6.45, 7) is 9.23. The Morgan fingerprint density at radius 1 is 1.07 bits per heavy atom. The fraction of sp³-hybridized carbons (Fsp3) is 0.500. The molecule has 1 aromatic heterocycles. The fourth-order valence-electron chi connectivity index (χ4n) is 4.71. The Hall–Kier alpha value is -2.18. The Morgan fingerprint density at radius 2 is 1.83 bits per heavy atom. The first kappa shape index (κ1) is 21.1. The van der Waals surface area contributed by atoms with Crippen LogP contribution in [0.1, 0.15) is 47.9 Å². The van der Waals surface area contributed by atoms with Crippen LogP contribution >= 0.6 is 11.3 Å². The van der Waals surface area contributed by atoms with Crippen LogP contribution in [0.4, 0.5) is 0 Å². The first-order valence-electron chi connectivity index (χ1n) is 10.9. The Kier molecular flexibility index (Phi) is 6.25. The van der Waals surface area contributed by atoms with E-state index in [0.29, 0.717) is 32.6 Å². The highest BCUT2D eigenvalue weighted by atomic mass is 32.1. The lowest BCUT2D eigenvalue weighted by molar-refractivity contribution is -0.143. The SMILES string of the molecule is CCC(=O)N1CCN(C(=O)CN2CCc3sccc3[C@H]2c2ccc(C)cc2)C[C@@H]1C. The summed E-state index contributed by atoms with van der Waals surface area (Å²) in [5.74, 6) is 0.344. The zero-order valence-electron chi connectivity index (χ0n) is 18.1. The van der Waals surface area contributed by atoms with Crippen molar-refractivity contribution < 1.29 is 9.59 Å². The third-order valence-electron chi connectivity index (χ3n) is 6.40. The summed E-state index contributed by atoms with van der Waals surface area (Å²) in [4.78, 5) is 32.9. The third-order valence-corrected chi connectivity index (χ3v) is 7.40. The van der Waals surface area contributed by atoms with E-state index >= 15 is 0 Å². The van der Waals surface area contributed by atoms with Crippen molar-refractivity contribution in [2.24, 2.45) is 0 Å². The zero-order valence-corrected chi connectivity index (χ0v) is 19.0. The fourth-order valence-corrected chi connectivity index (χ4v) is 5.61.